The maximum atomic E-state index is 11.7. The molecule has 1 unspecified atom stereocenters. The fourth-order valence-electron chi connectivity index (χ4n) is 2.71. The molecule has 1 aromatic rings. The Labute approximate surface area is 130 Å². The Balaban J connectivity index is 2.40. The van der Waals surface area contributed by atoms with Crippen LogP contribution in [0.5, 0.6) is 0 Å². The van der Waals surface area contributed by atoms with Crippen molar-refractivity contribution in [2.75, 3.05) is 31.4 Å². The molecule has 0 bridgehead atoms. The van der Waals surface area contributed by atoms with E-state index in [0.29, 0.717) is 30.7 Å². The van der Waals surface area contributed by atoms with Crippen LogP contribution >= 0.6 is 11.8 Å². The summed E-state index contributed by atoms with van der Waals surface area (Å²) in [4.78, 5) is 14.7. The molecule has 116 valence electrons. The van der Waals surface area contributed by atoms with Gasteiger partial charge in [-0.25, -0.2) is 4.79 Å². The van der Waals surface area contributed by atoms with Gasteiger partial charge in [-0.15, -0.1) is 11.8 Å². The first-order chi connectivity index (χ1) is 10.1. The minimum Gasteiger partial charge on any atom is -0.478 e. The summed E-state index contributed by atoms with van der Waals surface area (Å²) in [5, 5.41) is 9.62. The maximum Gasteiger partial charge on any atom is 0.338 e. The highest BCUT2D eigenvalue weighted by Gasteiger charge is 2.33. The summed E-state index contributed by atoms with van der Waals surface area (Å²) >= 11 is 1.48. The molecule has 1 atom stereocenters. The predicted octanol–water partition coefficient (Wildman–Crippen LogP) is 3.36. The van der Waals surface area contributed by atoms with Crippen LogP contribution in [0, 0.1) is 5.92 Å². The molecule has 1 N–H and O–H groups in total. The van der Waals surface area contributed by atoms with Gasteiger partial charge >= 0.3 is 5.97 Å². The second-order valence-corrected chi connectivity index (χ2v) is 6.27. The number of anilines is 1. The third-order valence-corrected chi connectivity index (χ3v) is 4.86. The molecule has 1 aliphatic carbocycles. The standard InChI is InChI=1S/C16H23NO3S/c1-11(12-7-8-12)17(9-10-20-2)13-5-4-6-14(21-3)15(13)16(18)19/h4-6,11-12H,7-10H2,1-3H3,(H,18,19). The van der Waals surface area contributed by atoms with Gasteiger partial charge in [-0.2, -0.15) is 0 Å². The van der Waals surface area contributed by atoms with E-state index in [1.807, 2.05) is 24.5 Å². The number of benzene rings is 1. The number of carboxylic acids is 1. The number of carboxylic acid groups (broad SMARTS) is 1. The monoisotopic (exact) mass is 309 g/mol. The van der Waals surface area contributed by atoms with E-state index in [0.717, 1.165) is 10.6 Å². The number of carbonyl (C=O) groups is 1. The van der Waals surface area contributed by atoms with E-state index in [9.17, 15) is 9.90 Å². The lowest BCUT2D eigenvalue weighted by Gasteiger charge is -2.33. The number of aromatic carboxylic acids is 1. The second kappa shape index (κ2) is 7.18. The van der Waals surface area contributed by atoms with Gasteiger partial charge in [0.25, 0.3) is 0 Å². The zero-order valence-electron chi connectivity index (χ0n) is 12.8. The third-order valence-electron chi connectivity index (χ3n) is 4.08. The lowest BCUT2D eigenvalue weighted by Crippen LogP contribution is -2.38. The van der Waals surface area contributed by atoms with Crippen molar-refractivity contribution in [2.24, 2.45) is 5.92 Å². The van der Waals surface area contributed by atoms with Crippen molar-refractivity contribution in [1.82, 2.24) is 0 Å². The van der Waals surface area contributed by atoms with Crippen molar-refractivity contribution < 1.29 is 14.6 Å². The molecule has 21 heavy (non-hydrogen) atoms. The van der Waals surface area contributed by atoms with Crippen LogP contribution in [-0.2, 0) is 4.74 Å². The van der Waals surface area contributed by atoms with Crippen molar-refractivity contribution in [3.05, 3.63) is 23.8 Å². The molecular weight excluding hydrogens is 286 g/mol. The Bertz CT molecular complexity index is 502. The van der Waals surface area contributed by atoms with Crippen LogP contribution in [0.4, 0.5) is 5.69 Å². The SMILES string of the molecule is COCCN(c1cccc(SC)c1C(=O)O)C(C)C1CC1. The number of thioether (sulfide) groups is 1. The first-order valence-corrected chi connectivity index (χ1v) is 8.48. The van der Waals surface area contributed by atoms with Crippen LogP contribution in [0.1, 0.15) is 30.1 Å². The van der Waals surface area contributed by atoms with Crippen molar-refractivity contribution in [3.8, 4) is 0 Å². The highest BCUT2D eigenvalue weighted by Crippen LogP contribution is 2.39. The summed E-state index contributed by atoms with van der Waals surface area (Å²) in [7, 11) is 1.68. The zero-order chi connectivity index (χ0) is 15.4. The van der Waals surface area contributed by atoms with Crippen molar-refractivity contribution in [1.29, 1.82) is 0 Å². The fraction of sp³-hybridized carbons (Fsp3) is 0.562. The minimum absolute atomic E-state index is 0.343. The van der Waals surface area contributed by atoms with E-state index in [1.165, 1.54) is 24.6 Å². The minimum atomic E-state index is -0.861. The Morgan fingerprint density at radius 3 is 2.76 bits per heavy atom. The third kappa shape index (κ3) is 3.71. The molecule has 0 aromatic heterocycles. The first-order valence-electron chi connectivity index (χ1n) is 7.26. The van der Waals surface area contributed by atoms with Crippen LogP contribution in [0.25, 0.3) is 0 Å². The number of hydrogen-bond acceptors (Lipinski definition) is 4. The van der Waals surface area contributed by atoms with Gasteiger partial charge in [0.15, 0.2) is 0 Å². The van der Waals surface area contributed by atoms with Gasteiger partial charge in [-0.3, -0.25) is 0 Å². The average Bonchev–Trinajstić information content (AvgIpc) is 3.31. The Morgan fingerprint density at radius 1 is 1.52 bits per heavy atom. The second-order valence-electron chi connectivity index (χ2n) is 5.42. The van der Waals surface area contributed by atoms with E-state index in [1.54, 1.807) is 7.11 Å². The molecule has 0 aliphatic heterocycles. The Hall–Kier alpha value is -1.20. The molecule has 0 saturated heterocycles. The Morgan fingerprint density at radius 2 is 2.24 bits per heavy atom. The molecule has 0 heterocycles. The summed E-state index contributed by atoms with van der Waals surface area (Å²) in [5.74, 6) is -0.193. The fourth-order valence-corrected chi connectivity index (χ4v) is 3.32. The normalized spacial score (nSPS) is 15.8. The summed E-state index contributed by atoms with van der Waals surface area (Å²) in [6, 6.07) is 6.06. The summed E-state index contributed by atoms with van der Waals surface area (Å²) in [6.45, 7) is 3.50. The largest absolute Gasteiger partial charge is 0.478 e. The zero-order valence-corrected chi connectivity index (χ0v) is 13.7. The molecule has 5 heteroatoms. The maximum absolute atomic E-state index is 11.7. The molecule has 1 aromatic carbocycles. The number of hydrogen-bond donors (Lipinski definition) is 1. The summed E-state index contributed by atoms with van der Waals surface area (Å²) in [6.07, 6.45) is 4.37. The van der Waals surface area contributed by atoms with Gasteiger partial charge in [-0.05, 0) is 44.1 Å². The molecule has 4 nitrogen and oxygen atoms in total. The molecule has 1 fully saturated rings. The molecule has 2 rings (SSSR count). The number of nitrogens with zero attached hydrogens (tertiary/aromatic N) is 1. The van der Waals surface area contributed by atoms with Crippen molar-refractivity contribution in [2.45, 2.75) is 30.7 Å². The van der Waals surface area contributed by atoms with Crippen molar-refractivity contribution >= 4 is 23.4 Å². The van der Waals surface area contributed by atoms with Gasteiger partial charge in [0.2, 0.25) is 0 Å². The topological polar surface area (TPSA) is 49.8 Å². The molecule has 0 radical (unpaired) electrons. The van der Waals surface area contributed by atoms with Gasteiger partial charge in [-0.1, -0.05) is 6.07 Å². The van der Waals surface area contributed by atoms with Crippen LogP contribution in [-0.4, -0.2) is 43.6 Å². The van der Waals surface area contributed by atoms with Gasteiger partial charge in [0, 0.05) is 24.6 Å². The number of ether oxygens (including phenoxy) is 1. The van der Waals surface area contributed by atoms with Crippen LogP contribution in [0.15, 0.2) is 23.1 Å². The first kappa shape index (κ1) is 16.2. The van der Waals surface area contributed by atoms with Gasteiger partial charge < -0.3 is 14.7 Å². The van der Waals surface area contributed by atoms with E-state index in [-0.39, 0.29) is 0 Å². The van der Waals surface area contributed by atoms with E-state index in [2.05, 4.69) is 11.8 Å². The van der Waals surface area contributed by atoms with E-state index >= 15 is 0 Å². The molecule has 0 spiro atoms. The molecular formula is C16H23NO3S. The van der Waals surface area contributed by atoms with Crippen LogP contribution in [0.2, 0.25) is 0 Å². The highest BCUT2D eigenvalue weighted by atomic mass is 32.2. The Kier molecular flexibility index (Phi) is 5.53. The predicted molar refractivity (Wildman–Crippen MR) is 86.6 cm³/mol. The highest BCUT2D eigenvalue weighted by molar-refractivity contribution is 7.98. The van der Waals surface area contributed by atoms with E-state index in [4.69, 9.17) is 4.74 Å². The number of methoxy groups -OCH3 is 1. The van der Waals surface area contributed by atoms with Gasteiger partial charge in [0.05, 0.1) is 17.9 Å². The molecule has 1 aliphatic rings. The quantitative estimate of drug-likeness (QED) is 0.746. The lowest BCUT2D eigenvalue weighted by molar-refractivity contribution is 0.0693. The van der Waals surface area contributed by atoms with E-state index < -0.39 is 5.97 Å². The number of rotatable bonds is 8. The average molecular weight is 309 g/mol. The lowest BCUT2D eigenvalue weighted by atomic mass is 10.1. The van der Waals surface area contributed by atoms with Gasteiger partial charge in [0.1, 0.15) is 0 Å². The molecule has 1 saturated carbocycles. The van der Waals surface area contributed by atoms with Crippen LogP contribution in [0.3, 0.4) is 0 Å². The van der Waals surface area contributed by atoms with Crippen LogP contribution < -0.4 is 4.90 Å². The smallest absolute Gasteiger partial charge is 0.338 e. The summed E-state index contributed by atoms with van der Waals surface area (Å²) < 4.78 is 5.21. The van der Waals surface area contributed by atoms with Crippen molar-refractivity contribution in [3.63, 3.8) is 0 Å². The summed E-state index contributed by atoms with van der Waals surface area (Å²) in [5.41, 5.74) is 1.22. The molecule has 0 amide bonds.